The summed E-state index contributed by atoms with van der Waals surface area (Å²) in [5.41, 5.74) is 3.80. The number of benzene rings is 2. The van der Waals surface area contributed by atoms with Crippen molar-refractivity contribution < 1.29 is 4.79 Å². The van der Waals surface area contributed by atoms with E-state index in [4.69, 9.17) is 5.26 Å². The molecule has 1 amide bonds. The van der Waals surface area contributed by atoms with E-state index in [1.165, 1.54) is 21.9 Å². The van der Waals surface area contributed by atoms with Crippen LogP contribution in [-0.4, -0.2) is 23.2 Å². The number of hydrogen-bond donors (Lipinski definition) is 1. The molecule has 112 valence electrons. The fourth-order valence-electron chi connectivity index (χ4n) is 1.96. The molecule has 0 aliphatic carbocycles. The number of anilines is 1. The van der Waals surface area contributed by atoms with Crippen LogP contribution in [0.3, 0.4) is 0 Å². The molecule has 6 heteroatoms. The fraction of sp³-hybridized carbons (Fsp3) is 0.125. The maximum Gasteiger partial charge on any atom is 0.274 e. The molecule has 5 nitrogen and oxygen atoms in total. The van der Waals surface area contributed by atoms with Gasteiger partial charge in [-0.2, -0.15) is 5.26 Å². The number of thioether (sulfide) groups is 1. The minimum Gasteiger partial charge on any atom is -0.267 e. The Hall–Kier alpha value is -2.49. The predicted octanol–water partition coefficient (Wildman–Crippen LogP) is 2.86. The Morgan fingerprint density at radius 3 is 2.27 bits per heavy atom. The van der Waals surface area contributed by atoms with Gasteiger partial charge >= 0.3 is 0 Å². The minimum absolute atomic E-state index is 0.205. The maximum absolute atomic E-state index is 12.9. The molecule has 2 aromatic carbocycles. The summed E-state index contributed by atoms with van der Waals surface area (Å²) in [4.78, 5) is 12.9. The molecule has 2 rings (SSSR count). The lowest BCUT2D eigenvalue weighted by molar-refractivity contribution is 0.0885. The van der Waals surface area contributed by atoms with Crippen molar-refractivity contribution >= 4 is 23.4 Å². The Morgan fingerprint density at radius 2 is 1.73 bits per heavy atom. The monoisotopic (exact) mass is 312 g/mol. The van der Waals surface area contributed by atoms with E-state index in [1.807, 2.05) is 61.0 Å². The molecular formula is C16H16N4OS. The molecule has 0 saturated carbocycles. The molecule has 0 bridgehead atoms. The Bertz CT molecular complexity index is 642. The zero-order valence-electron chi connectivity index (χ0n) is 12.1. The van der Waals surface area contributed by atoms with Crippen LogP contribution in [0.5, 0.6) is 0 Å². The number of amides is 1. The van der Waals surface area contributed by atoms with Crippen molar-refractivity contribution in [1.82, 2.24) is 10.5 Å². The summed E-state index contributed by atoms with van der Waals surface area (Å²) < 4.78 is 0. The van der Waals surface area contributed by atoms with E-state index < -0.39 is 0 Å². The van der Waals surface area contributed by atoms with Crippen LogP contribution in [0.4, 0.5) is 5.69 Å². The van der Waals surface area contributed by atoms with Gasteiger partial charge in [-0.15, -0.1) is 16.9 Å². The van der Waals surface area contributed by atoms with Gasteiger partial charge in [0.15, 0.2) is 6.19 Å². The van der Waals surface area contributed by atoms with Crippen LogP contribution in [0.25, 0.3) is 0 Å². The van der Waals surface area contributed by atoms with Gasteiger partial charge in [0.1, 0.15) is 0 Å². The molecular weight excluding hydrogens is 296 g/mol. The Morgan fingerprint density at radius 1 is 1.14 bits per heavy atom. The summed E-state index contributed by atoms with van der Waals surface area (Å²) >= 11 is 1.50. The van der Waals surface area contributed by atoms with Gasteiger partial charge in [-0.05, 0) is 30.5 Å². The van der Waals surface area contributed by atoms with Gasteiger partial charge in [-0.1, -0.05) is 36.4 Å². The molecule has 0 unspecified atom stereocenters. The number of hydrazine groups is 2. The van der Waals surface area contributed by atoms with Crippen LogP contribution in [0.2, 0.25) is 0 Å². The SMILES string of the molecule is CSCN(NC#N)N(C(=O)c1ccccc1)c1ccccc1. The quantitative estimate of drug-likeness (QED) is 0.385. The summed E-state index contributed by atoms with van der Waals surface area (Å²) in [6.45, 7) is 0. The van der Waals surface area contributed by atoms with Crippen molar-refractivity contribution in [3.05, 3.63) is 66.2 Å². The van der Waals surface area contributed by atoms with E-state index in [-0.39, 0.29) is 5.91 Å². The summed E-state index contributed by atoms with van der Waals surface area (Å²) in [5.74, 6) is 0.240. The Labute approximate surface area is 134 Å². The maximum atomic E-state index is 12.9. The number of carbonyl (C=O) groups is 1. The lowest BCUT2D eigenvalue weighted by Crippen LogP contribution is -2.52. The van der Waals surface area contributed by atoms with Crippen molar-refractivity contribution in [2.75, 3.05) is 17.1 Å². The van der Waals surface area contributed by atoms with Crippen molar-refractivity contribution in [2.45, 2.75) is 0 Å². The smallest absolute Gasteiger partial charge is 0.267 e. The Kier molecular flexibility index (Phi) is 5.83. The van der Waals surface area contributed by atoms with E-state index in [2.05, 4.69) is 5.43 Å². The average Bonchev–Trinajstić information content (AvgIpc) is 2.57. The highest BCUT2D eigenvalue weighted by molar-refractivity contribution is 7.98. The van der Waals surface area contributed by atoms with E-state index >= 15 is 0 Å². The van der Waals surface area contributed by atoms with Gasteiger partial charge in [-0.25, -0.2) is 10.4 Å². The van der Waals surface area contributed by atoms with Crippen molar-refractivity contribution in [1.29, 1.82) is 5.26 Å². The topological polar surface area (TPSA) is 59.4 Å². The third kappa shape index (κ3) is 3.79. The first-order valence-corrected chi connectivity index (χ1v) is 8.03. The molecule has 1 N–H and O–H groups in total. The second-order valence-corrected chi connectivity index (χ2v) is 5.19. The van der Waals surface area contributed by atoms with Gasteiger partial charge in [-0.3, -0.25) is 4.79 Å². The number of para-hydroxylation sites is 1. The molecule has 0 heterocycles. The van der Waals surface area contributed by atoms with E-state index in [1.54, 1.807) is 12.1 Å². The first-order chi connectivity index (χ1) is 10.8. The van der Waals surface area contributed by atoms with E-state index in [0.29, 0.717) is 17.1 Å². The largest absolute Gasteiger partial charge is 0.274 e. The number of hydrogen-bond acceptors (Lipinski definition) is 5. The minimum atomic E-state index is -0.205. The highest BCUT2D eigenvalue weighted by Gasteiger charge is 2.24. The lowest BCUT2D eigenvalue weighted by Gasteiger charge is -2.32. The molecule has 0 aliphatic rings. The van der Waals surface area contributed by atoms with Gasteiger partial charge < -0.3 is 0 Å². The van der Waals surface area contributed by atoms with Crippen LogP contribution >= 0.6 is 11.8 Å². The molecule has 0 aromatic heterocycles. The predicted molar refractivity (Wildman–Crippen MR) is 88.7 cm³/mol. The van der Waals surface area contributed by atoms with Gasteiger partial charge in [0.2, 0.25) is 0 Å². The lowest BCUT2D eigenvalue weighted by atomic mass is 10.2. The molecule has 22 heavy (non-hydrogen) atoms. The average molecular weight is 312 g/mol. The third-order valence-corrected chi connectivity index (χ3v) is 3.39. The van der Waals surface area contributed by atoms with Gasteiger partial charge in [0, 0.05) is 5.56 Å². The third-order valence-electron chi connectivity index (χ3n) is 2.89. The fourth-order valence-corrected chi connectivity index (χ4v) is 2.38. The van der Waals surface area contributed by atoms with E-state index in [9.17, 15) is 4.79 Å². The van der Waals surface area contributed by atoms with Crippen LogP contribution in [0.1, 0.15) is 10.4 Å². The number of nitrogens with one attached hydrogen (secondary N) is 1. The van der Waals surface area contributed by atoms with Crippen molar-refractivity contribution in [3.8, 4) is 6.19 Å². The molecule has 0 fully saturated rings. The van der Waals surface area contributed by atoms with Crippen LogP contribution in [-0.2, 0) is 0 Å². The molecule has 0 radical (unpaired) electrons. The second-order valence-electron chi connectivity index (χ2n) is 4.36. The summed E-state index contributed by atoms with van der Waals surface area (Å²) in [6, 6.07) is 18.2. The number of nitrogens with zero attached hydrogens (tertiary/aromatic N) is 3. The Balaban J connectivity index is 2.41. The normalized spacial score (nSPS) is 10.0. The zero-order valence-corrected chi connectivity index (χ0v) is 13.0. The number of carbonyl (C=O) groups excluding carboxylic acids is 1. The molecule has 0 atom stereocenters. The highest BCUT2D eigenvalue weighted by Crippen LogP contribution is 2.19. The standard InChI is InChI=1S/C16H16N4OS/c1-22-13-19(18-12-17)20(15-10-6-3-7-11-15)16(21)14-8-4-2-5-9-14/h2-11,18H,13H2,1H3. The molecule has 0 spiro atoms. The first kappa shape index (κ1) is 15.9. The van der Waals surface area contributed by atoms with Crippen molar-refractivity contribution in [2.24, 2.45) is 0 Å². The van der Waals surface area contributed by atoms with Crippen LogP contribution in [0, 0.1) is 11.5 Å². The first-order valence-electron chi connectivity index (χ1n) is 6.63. The summed E-state index contributed by atoms with van der Waals surface area (Å²) in [7, 11) is 0. The van der Waals surface area contributed by atoms with Gasteiger partial charge in [0.05, 0.1) is 11.6 Å². The van der Waals surface area contributed by atoms with Gasteiger partial charge in [0.25, 0.3) is 5.91 Å². The summed E-state index contributed by atoms with van der Waals surface area (Å²) in [6.07, 6.45) is 3.78. The molecule has 0 aliphatic heterocycles. The van der Waals surface area contributed by atoms with Crippen LogP contribution < -0.4 is 10.4 Å². The van der Waals surface area contributed by atoms with Crippen LogP contribution in [0.15, 0.2) is 60.7 Å². The highest BCUT2D eigenvalue weighted by atomic mass is 32.2. The summed E-state index contributed by atoms with van der Waals surface area (Å²) in [5, 5.41) is 11.9. The number of rotatable bonds is 6. The second kappa shape index (κ2) is 8.08. The van der Waals surface area contributed by atoms with E-state index in [0.717, 1.165) is 0 Å². The molecule has 0 saturated heterocycles. The number of nitriles is 1. The van der Waals surface area contributed by atoms with Crippen molar-refractivity contribution in [3.63, 3.8) is 0 Å². The molecule has 2 aromatic rings. The zero-order chi connectivity index (χ0) is 15.8.